The van der Waals surface area contributed by atoms with E-state index < -0.39 is 0 Å². The first-order chi connectivity index (χ1) is 24.7. The van der Waals surface area contributed by atoms with Crippen molar-refractivity contribution in [1.29, 1.82) is 15.8 Å². The quantitative estimate of drug-likeness (QED) is 0.193. The summed E-state index contributed by atoms with van der Waals surface area (Å²) in [5.41, 5.74) is 10.4. The minimum atomic E-state index is 0.491. The zero-order valence-electron chi connectivity index (χ0n) is 26.7. The molecule has 0 aliphatic carbocycles. The van der Waals surface area contributed by atoms with E-state index in [9.17, 15) is 15.8 Å². The molecule has 0 aliphatic heterocycles. The predicted octanol–water partition coefficient (Wildman–Crippen LogP) is 10.8. The normalized spacial score (nSPS) is 11.1. The third-order valence-corrected chi connectivity index (χ3v) is 9.67. The van der Waals surface area contributed by atoms with Crippen molar-refractivity contribution in [3.63, 3.8) is 0 Å². The molecule has 7 aromatic carbocycles. The number of nitrogens with zero attached hydrogens (tertiary/aromatic N) is 5. The van der Waals surface area contributed by atoms with Gasteiger partial charge in [-0.1, -0.05) is 97.1 Å². The molecular weight excluding hydrogens is 611 g/mol. The molecule has 0 saturated heterocycles. The zero-order valence-corrected chi connectivity index (χ0v) is 26.7. The van der Waals surface area contributed by atoms with Gasteiger partial charge in [-0.05, 0) is 60.2 Å². The van der Waals surface area contributed by atoms with Crippen LogP contribution in [0.4, 0.5) is 0 Å². The van der Waals surface area contributed by atoms with Gasteiger partial charge in [0.05, 0.1) is 62.3 Å². The minimum absolute atomic E-state index is 0.491. The third kappa shape index (κ3) is 4.17. The molecule has 230 valence electrons. The van der Waals surface area contributed by atoms with E-state index in [1.807, 2.05) is 91.0 Å². The van der Waals surface area contributed by atoms with Gasteiger partial charge >= 0.3 is 0 Å². The Labute approximate surface area is 287 Å². The summed E-state index contributed by atoms with van der Waals surface area (Å²) in [6.07, 6.45) is 0. The van der Waals surface area contributed by atoms with E-state index in [2.05, 4.69) is 88.0 Å². The van der Waals surface area contributed by atoms with Crippen LogP contribution in [0.25, 0.3) is 77.2 Å². The van der Waals surface area contributed by atoms with E-state index in [0.29, 0.717) is 16.7 Å². The molecular formula is C45H25N5. The molecule has 0 aliphatic rings. The fourth-order valence-electron chi connectivity index (χ4n) is 7.59. The molecule has 2 aromatic heterocycles. The van der Waals surface area contributed by atoms with Crippen LogP contribution < -0.4 is 0 Å². The molecule has 0 spiro atoms. The lowest BCUT2D eigenvalue weighted by Gasteiger charge is -2.19. The molecule has 9 rings (SSSR count). The number of nitriles is 3. The van der Waals surface area contributed by atoms with Gasteiger partial charge in [-0.2, -0.15) is 15.8 Å². The highest BCUT2D eigenvalue weighted by Gasteiger charge is 2.23. The van der Waals surface area contributed by atoms with Crippen LogP contribution >= 0.6 is 0 Å². The molecule has 50 heavy (non-hydrogen) atoms. The van der Waals surface area contributed by atoms with Crippen LogP contribution in [0, 0.1) is 34.0 Å². The number of benzene rings is 7. The molecule has 0 fully saturated rings. The van der Waals surface area contributed by atoms with Gasteiger partial charge < -0.3 is 9.13 Å². The second-order valence-electron chi connectivity index (χ2n) is 12.2. The van der Waals surface area contributed by atoms with Crippen molar-refractivity contribution in [1.82, 2.24) is 9.13 Å². The highest BCUT2D eigenvalue weighted by atomic mass is 15.0. The van der Waals surface area contributed by atoms with Crippen molar-refractivity contribution in [2.75, 3.05) is 0 Å². The smallest absolute Gasteiger partial charge is 0.102 e. The van der Waals surface area contributed by atoms with Gasteiger partial charge in [0.15, 0.2) is 0 Å². The van der Waals surface area contributed by atoms with Crippen molar-refractivity contribution in [2.24, 2.45) is 0 Å². The number of para-hydroxylation sites is 4. The van der Waals surface area contributed by atoms with E-state index in [4.69, 9.17) is 0 Å². The van der Waals surface area contributed by atoms with Crippen LogP contribution in [-0.4, -0.2) is 9.13 Å². The maximum atomic E-state index is 10.9. The molecule has 0 unspecified atom stereocenters. The first-order valence-corrected chi connectivity index (χ1v) is 16.3. The van der Waals surface area contributed by atoms with Crippen LogP contribution in [0.15, 0.2) is 152 Å². The highest BCUT2D eigenvalue weighted by Crippen LogP contribution is 2.43. The van der Waals surface area contributed by atoms with Crippen molar-refractivity contribution in [3.05, 3.63) is 168 Å². The Morgan fingerprint density at radius 1 is 0.380 bits per heavy atom. The number of rotatable bonds is 4. The standard InChI is InChI=1S/C45H25N5/c46-26-29-23-24-44-37(25-29)34-14-3-7-20-41(34)50(44)43-22-10-16-31(38(43)28-48)35-17-9-11-30(27-47)45(35)36-15-4-8-21-42(36)49-39-18-5-1-12-32(39)33-13-2-6-19-40(33)49/h1-25H. The SMILES string of the molecule is N#Cc1ccc2c(c1)c1ccccc1n2-c1cccc(-c2cccc(C#N)c2-c2ccccc2-n2c3ccccc3c3ccccc32)c1C#N. The lowest BCUT2D eigenvalue weighted by Crippen LogP contribution is -2.02. The van der Waals surface area contributed by atoms with Gasteiger partial charge in [-0.3, -0.25) is 0 Å². The van der Waals surface area contributed by atoms with Crippen LogP contribution in [-0.2, 0) is 0 Å². The van der Waals surface area contributed by atoms with Crippen LogP contribution in [0.2, 0.25) is 0 Å². The molecule has 2 heterocycles. The molecule has 0 radical (unpaired) electrons. The van der Waals surface area contributed by atoms with Gasteiger partial charge in [0.2, 0.25) is 0 Å². The van der Waals surface area contributed by atoms with E-state index in [1.165, 1.54) is 0 Å². The van der Waals surface area contributed by atoms with E-state index in [0.717, 1.165) is 77.2 Å². The first kappa shape index (κ1) is 28.8. The number of aromatic nitrogens is 2. The fraction of sp³-hybridized carbons (Fsp3) is 0. The van der Waals surface area contributed by atoms with Gasteiger partial charge in [-0.15, -0.1) is 0 Å². The number of fused-ring (bicyclic) bond motifs is 6. The summed E-state index contributed by atoms with van der Waals surface area (Å²) in [7, 11) is 0. The van der Waals surface area contributed by atoms with E-state index in [-0.39, 0.29) is 0 Å². The van der Waals surface area contributed by atoms with Crippen LogP contribution in [0.5, 0.6) is 0 Å². The Morgan fingerprint density at radius 3 is 1.56 bits per heavy atom. The lowest BCUT2D eigenvalue weighted by atomic mass is 9.87. The Balaban J connectivity index is 1.34. The summed E-state index contributed by atoms with van der Waals surface area (Å²) in [5, 5.41) is 35.4. The van der Waals surface area contributed by atoms with E-state index >= 15 is 0 Å². The predicted molar refractivity (Wildman–Crippen MR) is 200 cm³/mol. The zero-order chi connectivity index (χ0) is 33.8. The van der Waals surface area contributed by atoms with Crippen molar-refractivity contribution < 1.29 is 0 Å². The van der Waals surface area contributed by atoms with Crippen molar-refractivity contribution >= 4 is 43.6 Å². The van der Waals surface area contributed by atoms with Crippen molar-refractivity contribution in [2.45, 2.75) is 0 Å². The second kappa shape index (κ2) is 11.4. The molecule has 0 saturated carbocycles. The maximum absolute atomic E-state index is 10.9. The Kier molecular flexibility index (Phi) is 6.56. The van der Waals surface area contributed by atoms with Gasteiger partial charge in [-0.25, -0.2) is 0 Å². The fourth-order valence-corrected chi connectivity index (χ4v) is 7.59. The van der Waals surface area contributed by atoms with Crippen molar-refractivity contribution in [3.8, 4) is 51.8 Å². The molecule has 0 N–H and O–H groups in total. The molecule has 5 nitrogen and oxygen atoms in total. The van der Waals surface area contributed by atoms with Gasteiger partial charge in [0.1, 0.15) is 6.07 Å². The molecule has 0 amide bonds. The monoisotopic (exact) mass is 635 g/mol. The second-order valence-corrected chi connectivity index (χ2v) is 12.2. The van der Waals surface area contributed by atoms with Gasteiger partial charge in [0.25, 0.3) is 0 Å². The highest BCUT2D eigenvalue weighted by molar-refractivity contribution is 6.11. The maximum Gasteiger partial charge on any atom is 0.102 e. The summed E-state index contributed by atoms with van der Waals surface area (Å²) in [5.74, 6) is 0. The molecule has 5 heteroatoms. The van der Waals surface area contributed by atoms with Crippen LogP contribution in [0.1, 0.15) is 16.7 Å². The van der Waals surface area contributed by atoms with Gasteiger partial charge in [0, 0.05) is 38.2 Å². The third-order valence-electron chi connectivity index (χ3n) is 9.67. The summed E-state index contributed by atoms with van der Waals surface area (Å²) < 4.78 is 4.38. The summed E-state index contributed by atoms with van der Waals surface area (Å²) >= 11 is 0. The average molecular weight is 636 g/mol. The summed E-state index contributed by atoms with van der Waals surface area (Å²) in [6, 6.07) is 57.6. The number of hydrogen-bond donors (Lipinski definition) is 0. The van der Waals surface area contributed by atoms with E-state index in [1.54, 1.807) is 0 Å². The molecule has 0 atom stereocenters. The Bertz CT molecular complexity index is 2920. The van der Waals surface area contributed by atoms with Crippen LogP contribution in [0.3, 0.4) is 0 Å². The summed E-state index contributed by atoms with van der Waals surface area (Å²) in [6.45, 7) is 0. The average Bonchev–Trinajstić information content (AvgIpc) is 3.69. The minimum Gasteiger partial charge on any atom is -0.309 e. The molecule has 0 bridgehead atoms. The Hall–Kier alpha value is -7.39. The molecule has 9 aromatic rings. The summed E-state index contributed by atoms with van der Waals surface area (Å²) in [4.78, 5) is 0. The first-order valence-electron chi connectivity index (χ1n) is 16.3. The topological polar surface area (TPSA) is 81.2 Å². The Morgan fingerprint density at radius 2 is 0.900 bits per heavy atom. The number of hydrogen-bond acceptors (Lipinski definition) is 3. The largest absolute Gasteiger partial charge is 0.309 e. The lowest BCUT2D eigenvalue weighted by molar-refractivity contribution is 1.17.